The Morgan fingerprint density at radius 2 is 1.71 bits per heavy atom. The second kappa shape index (κ2) is 7.20. The monoisotopic (exact) mass is 282 g/mol. The van der Waals surface area contributed by atoms with Crippen molar-refractivity contribution in [2.75, 3.05) is 26.1 Å². The third-order valence-corrected chi connectivity index (χ3v) is 3.20. The molecular formula is C17H18N2O2. The first kappa shape index (κ1) is 14.7. The number of nitrogens with one attached hydrogen (secondary N) is 1. The van der Waals surface area contributed by atoms with Gasteiger partial charge in [0.1, 0.15) is 0 Å². The van der Waals surface area contributed by atoms with Gasteiger partial charge in [-0.3, -0.25) is 0 Å². The number of anilines is 1. The summed E-state index contributed by atoms with van der Waals surface area (Å²) in [6, 6.07) is 15.5. The van der Waals surface area contributed by atoms with E-state index in [4.69, 9.17) is 14.7 Å². The molecule has 0 spiro atoms. The van der Waals surface area contributed by atoms with E-state index >= 15 is 0 Å². The van der Waals surface area contributed by atoms with Crippen LogP contribution in [0.3, 0.4) is 0 Å². The number of nitriles is 1. The second-order valence-electron chi connectivity index (χ2n) is 4.56. The number of ether oxygens (including phenoxy) is 2. The quantitative estimate of drug-likeness (QED) is 0.883. The van der Waals surface area contributed by atoms with Crippen LogP contribution in [0.5, 0.6) is 11.5 Å². The largest absolute Gasteiger partial charge is 0.493 e. The molecule has 2 aromatic carbocycles. The van der Waals surface area contributed by atoms with Crippen LogP contribution < -0.4 is 14.8 Å². The molecule has 0 amide bonds. The van der Waals surface area contributed by atoms with Crippen LogP contribution in [0.1, 0.15) is 11.1 Å². The van der Waals surface area contributed by atoms with E-state index in [1.165, 1.54) is 5.56 Å². The van der Waals surface area contributed by atoms with E-state index in [9.17, 15) is 0 Å². The summed E-state index contributed by atoms with van der Waals surface area (Å²) in [6.45, 7) is 0.807. The molecule has 0 saturated carbocycles. The van der Waals surface area contributed by atoms with Crippen LogP contribution in [-0.4, -0.2) is 20.8 Å². The summed E-state index contributed by atoms with van der Waals surface area (Å²) in [7, 11) is 3.26. The van der Waals surface area contributed by atoms with Gasteiger partial charge in [-0.25, -0.2) is 0 Å². The molecule has 0 bridgehead atoms. The fourth-order valence-electron chi connectivity index (χ4n) is 2.05. The fourth-order valence-corrected chi connectivity index (χ4v) is 2.05. The highest BCUT2D eigenvalue weighted by Gasteiger charge is 2.04. The Hall–Kier alpha value is -2.67. The van der Waals surface area contributed by atoms with Crippen molar-refractivity contribution in [3.05, 3.63) is 53.6 Å². The van der Waals surface area contributed by atoms with Gasteiger partial charge in [0.25, 0.3) is 0 Å². The molecule has 2 rings (SSSR count). The van der Waals surface area contributed by atoms with Gasteiger partial charge in [-0.05, 0) is 48.4 Å². The Morgan fingerprint density at radius 3 is 2.33 bits per heavy atom. The normalized spacial score (nSPS) is 9.76. The molecular weight excluding hydrogens is 264 g/mol. The molecule has 108 valence electrons. The molecule has 0 aliphatic heterocycles. The first-order valence-corrected chi connectivity index (χ1v) is 6.71. The standard InChI is InChI=1S/C17H18N2O2/c1-20-16-8-5-13(11-17(16)21-2)9-10-19-15-6-3-14(12-18)4-7-15/h3-8,11,19H,9-10H2,1-2H3. The van der Waals surface area contributed by atoms with Crippen LogP contribution in [0, 0.1) is 11.3 Å². The summed E-state index contributed by atoms with van der Waals surface area (Å²) in [5.74, 6) is 1.48. The lowest BCUT2D eigenvalue weighted by molar-refractivity contribution is 0.354. The Bertz CT molecular complexity index is 630. The smallest absolute Gasteiger partial charge is 0.160 e. The summed E-state index contributed by atoms with van der Waals surface area (Å²) < 4.78 is 10.5. The molecule has 0 radical (unpaired) electrons. The molecule has 0 atom stereocenters. The lowest BCUT2D eigenvalue weighted by Crippen LogP contribution is -2.05. The number of hydrogen-bond acceptors (Lipinski definition) is 4. The molecule has 4 nitrogen and oxygen atoms in total. The summed E-state index contributed by atoms with van der Waals surface area (Å²) in [5, 5.41) is 12.1. The molecule has 0 aliphatic rings. The highest BCUT2D eigenvalue weighted by Crippen LogP contribution is 2.27. The van der Waals surface area contributed by atoms with E-state index in [0.717, 1.165) is 30.2 Å². The maximum Gasteiger partial charge on any atom is 0.160 e. The molecule has 0 aliphatic carbocycles. The molecule has 21 heavy (non-hydrogen) atoms. The van der Waals surface area contributed by atoms with Crippen LogP contribution in [0.25, 0.3) is 0 Å². The topological polar surface area (TPSA) is 54.3 Å². The fraction of sp³-hybridized carbons (Fsp3) is 0.235. The Balaban J connectivity index is 1.92. The summed E-state index contributed by atoms with van der Waals surface area (Å²) in [4.78, 5) is 0. The molecule has 0 unspecified atom stereocenters. The minimum absolute atomic E-state index is 0.667. The second-order valence-corrected chi connectivity index (χ2v) is 4.56. The third kappa shape index (κ3) is 3.90. The number of rotatable bonds is 6. The van der Waals surface area contributed by atoms with Gasteiger partial charge >= 0.3 is 0 Å². The van der Waals surface area contributed by atoms with Gasteiger partial charge in [0, 0.05) is 12.2 Å². The van der Waals surface area contributed by atoms with Crippen molar-refractivity contribution >= 4 is 5.69 Å². The first-order chi connectivity index (χ1) is 10.3. The van der Waals surface area contributed by atoms with Crippen LogP contribution >= 0.6 is 0 Å². The van der Waals surface area contributed by atoms with Gasteiger partial charge in [0.05, 0.1) is 25.9 Å². The molecule has 0 saturated heterocycles. The maximum atomic E-state index is 8.75. The van der Waals surface area contributed by atoms with E-state index in [1.807, 2.05) is 30.3 Å². The number of hydrogen-bond donors (Lipinski definition) is 1. The molecule has 0 fully saturated rings. The van der Waals surface area contributed by atoms with Crippen molar-refractivity contribution in [3.8, 4) is 17.6 Å². The minimum atomic E-state index is 0.667. The van der Waals surface area contributed by atoms with Gasteiger partial charge < -0.3 is 14.8 Å². The first-order valence-electron chi connectivity index (χ1n) is 6.71. The SMILES string of the molecule is COc1ccc(CCNc2ccc(C#N)cc2)cc1OC. The van der Waals surface area contributed by atoms with Crippen molar-refractivity contribution in [3.63, 3.8) is 0 Å². The number of methoxy groups -OCH3 is 2. The molecule has 2 aromatic rings. The Morgan fingerprint density at radius 1 is 1.00 bits per heavy atom. The highest BCUT2D eigenvalue weighted by atomic mass is 16.5. The number of nitrogens with zero attached hydrogens (tertiary/aromatic N) is 1. The van der Waals surface area contributed by atoms with Crippen molar-refractivity contribution in [2.45, 2.75) is 6.42 Å². The summed E-state index contributed by atoms with van der Waals surface area (Å²) in [5.41, 5.74) is 2.85. The lowest BCUT2D eigenvalue weighted by Gasteiger charge is -2.10. The average molecular weight is 282 g/mol. The van der Waals surface area contributed by atoms with Gasteiger partial charge in [0.15, 0.2) is 11.5 Å². The predicted octanol–water partition coefficient (Wildman–Crippen LogP) is 3.23. The molecule has 4 heteroatoms. The van der Waals surface area contributed by atoms with Gasteiger partial charge in [-0.1, -0.05) is 6.07 Å². The van der Waals surface area contributed by atoms with Gasteiger partial charge in [-0.15, -0.1) is 0 Å². The van der Waals surface area contributed by atoms with E-state index in [1.54, 1.807) is 26.4 Å². The minimum Gasteiger partial charge on any atom is -0.493 e. The van der Waals surface area contributed by atoms with Crippen molar-refractivity contribution in [1.82, 2.24) is 0 Å². The zero-order valence-electron chi connectivity index (χ0n) is 12.2. The lowest BCUT2D eigenvalue weighted by atomic mass is 10.1. The van der Waals surface area contributed by atoms with Gasteiger partial charge in [0.2, 0.25) is 0 Å². The highest BCUT2D eigenvalue weighted by molar-refractivity contribution is 5.47. The van der Waals surface area contributed by atoms with Crippen LogP contribution in [-0.2, 0) is 6.42 Å². The van der Waals surface area contributed by atoms with E-state index in [0.29, 0.717) is 5.56 Å². The van der Waals surface area contributed by atoms with Crippen LogP contribution in [0.15, 0.2) is 42.5 Å². The van der Waals surface area contributed by atoms with Crippen LogP contribution in [0.2, 0.25) is 0 Å². The van der Waals surface area contributed by atoms with E-state index in [2.05, 4.69) is 11.4 Å². The average Bonchev–Trinajstić information content (AvgIpc) is 2.55. The van der Waals surface area contributed by atoms with E-state index in [-0.39, 0.29) is 0 Å². The van der Waals surface area contributed by atoms with Crippen molar-refractivity contribution in [1.29, 1.82) is 5.26 Å². The van der Waals surface area contributed by atoms with Crippen molar-refractivity contribution < 1.29 is 9.47 Å². The zero-order valence-corrected chi connectivity index (χ0v) is 12.2. The van der Waals surface area contributed by atoms with Crippen LogP contribution in [0.4, 0.5) is 5.69 Å². The zero-order chi connectivity index (χ0) is 15.1. The van der Waals surface area contributed by atoms with E-state index < -0.39 is 0 Å². The Kier molecular flexibility index (Phi) is 5.05. The molecule has 0 aromatic heterocycles. The Labute approximate surface area is 124 Å². The summed E-state index contributed by atoms with van der Waals surface area (Å²) in [6.07, 6.45) is 0.875. The summed E-state index contributed by atoms with van der Waals surface area (Å²) >= 11 is 0. The molecule has 1 N–H and O–H groups in total. The van der Waals surface area contributed by atoms with Crippen molar-refractivity contribution in [2.24, 2.45) is 0 Å². The maximum absolute atomic E-state index is 8.75. The predicted molar refractivity (Wildman–Crippen MR) is 82.9 cm³/mol. The molecule has 0 heterocycles. The van der Waals surface area contributed by atoms with Gasteiger partial charge in [-0.2, -0.15) is 5.26 Å². The third-order valence-electron chi connectivity index (χ3n) is 3.20. The number of benzene rings is 2.